The Labute approximate surface area is 220 Å². The molecule has 1 fully saturated rings. The summed E-state index contributed by atoms with van der Waals surface area (Å²) in [6.45, 7) is 7.61. The number of nitrogens with zero attached hydrogens (tertiary/aromatic N) is 4. The van der Waals surface area contributed by atoms with E-state index in [1.807, 2.05) is 37.3 Å². The Morgan fingerprint density at radius 2 is 1.79 bits per heavy atom. The first-order valence-electron chi connectivity index (χ1n) is 12.4. The van der Waals surface area contributed by atoms with E-state index in [0.717, 1.165) is 0 Å². The summed E-state index contributed by atoms with van der Waals surface area (Å²) < 4.78 is 18.9. The summed E-state index contributed by atoms with van der Waals surface area (Å²) in [5, 5.41) is 2.70. The van der Waals surface area contributed by atoms with Crippen LogP contribution in [0.15, 0.2) is 54.6 Å². The molecule has 0 aliphatic carbocycles. The van der Waals surface area contributed by atoms with Crippen LogP contribution in [0.1, 0.15) is 47.3 Å². The topological polar surface area (TPSA) is 105 Å². The van der Waals surface area contributed by atoms with Crippen molar-refractivity contribution in [3.05, 3.63) is 77.4 Å². The smallest absolute Gasteiger partial charge is 0.342 e. The van der Waals surface area contributed by atoms with Gasteiger partial charge < -0.3 is 19.9 Å². The number of esters is 1. The number of carbonyl (C=O) groups is 3. The average molecular weight is 520 g/mol. The zero-order chi connectivity index (χ0) is 27.4. The molecule has 1 aliphatic rings. The van der Waals surface area contributed by atoms with Crippen molar-refractivity contribution >= 4 is 23.6 Å². The van der Waals surface area contributed by atoms with Crippen molar-refractivity contribution in [1.29, 1.82) is 0 Å². The average Bonchev–Trinajstić information content (AvgIpc) is 2.87. The third kappa shape index (κ3) is 5.96. The lowest BCUT2D eigenvalue weighted by Gasteiger charge is -2.39. The Morgan fingerprint density at radius 1 is 1.05 bits per heavy atom. The van der Waals surface area contributed by atoms with Crippen LogP contribution in [0.5, 0.6) is 0 Å². The molecule has 1 aromatic heterocycles. The Balaban J connectivity index is 1.58. The molecule has 1 N–H and O–H groups in total. The quantitative estimate of drug-likeness (QED) is 0.497. The fraction of sp³-hybridized carbons (Fsp3) is 0.321. The van der Waals surface area contributed by atoms with Crippen LogP contribution in [0.2, 0.25) is 0 Å². The molecule has 198 valence electrons. The summed E-state index contributed by atoms with van der Waals surface area (Å²) in [4.78, 5) is 51.7. The van der Waals surface area contributed by atoms with Gasteiger partial charge in [0.1, 0.15) is 17.1 Å². The number of amides is 3. The molecule has 1 atom stereocenters. The number of aryl methyl sites for hydroxylation is 1. The molecule has 1 saturated heterocycles. The third-order valence-electron chi connectivity index (χ3n) is 6.12. The number of ether oxygens (including phenoxy) is 1. The molecule has 9 nitrogen and oxygen atoms in total. The fourth-order valence-corrected chi connectivity index (χ4v) is 4.32. The highest BCUT2D eigenvalue weighted by atomic mass is 19.1. The second kappa shape index (κ2) is 11.4. The molecule has 2 aromatic carbocycles. The maximum atomic E-state index is 13.8. The zero-order valence-corrected chi connectivity index (χ0v) is 21.8. The van der Waals surface area contributed by atoms with Crippen LogP contribution in [0.25, 0.3) is 11.4 Å². The van der Waals surface area contributed by atoms with E-state index in [0.29, 0.717) is 22.8 Å². The number of nitrogens with one attached hydrogen (secondary N) is 1. The van der Waals surface area contributed by atoms with Crippen molar-refractivity contribution < 1.29 is 23.5 Å². The summed E-state index contributed by atoms with van der Waals surface area (Å²) in [6, 6.07) is 14.1. The van der Waals surface area contributed by atoms with Gasteiger partial charge in [-0.3, -0.25) is 4.79 Å². The van der Waals surface area contributed by atoms with Crippen molar-refractivity contribution in [2.75, 3.05) is 25.0 Å². The number of benzene rings is 2. The van der Waals surface area contributed by atoms with E-state index in [1.165, 1.54) is 18.2 Å². The van der Waals surface area contributed by atoms with E-state index in [9.17, 15) is 18.8 Å². The van der Waals surface area contributed by atoms with Gasteiger partial charge in [-0.25, -0.2) is 23.9 Å². The minimum Gasteiger partial charge on any atom is -0.459 e. The maximum Gasteiger partial charge on any atom is 0.342 e. The van der Waals surface area contributed by atoms with Crippen LogP contribution >= 0.6 is 0 Å². The lowest BCUT2D eigenvalue weighted by molar-refractivity contribution is 0.0367. The van der Waals surface area contributed by atoms with Gasteiger partial charge in [0.15, 0.2) is 5.82 Å². The number of hydrogen-bond donors (Lipinski definition) is 1. The maximum absolute atomic E-state index is 13.8. The van der Waals surface area contributed by atoms with Crippen molar-refractivity contribution in [3.63, 3.8) is 0 Å². The van der Waals surface area contributed by atoms with E-state index >= 15 is 0 Å². The number of carbonyl (C=O) groups excluding carboxylic acids is 3. The van der Waals surface area contributed by atoms with Gasteiger partial charge in [-0.2, -0.15) is 0 Å². The Kier molecular flexibility index (Phi) is 7.99. The van der Waals surface area contributed by atoms with Crippen molar-refractivity contribution in [2.45, 2.75) is 39.8 Å². The van der Waals surface area contributed by atoms with Gasteiger partial charge in [-0.1, -0.05) is 36.4 Å². The number of aromatic nitrogens is 2. The van der Waals surface area contributed by atoms with Crippen LogP contribution in [-0.2, 0) is 4.74 Å². The summed E-state index contributed by atoms with van der Waals surface area (Å²) in [7, 11) is 0. The Bertz CT molecular complexity index is 1350. The normalized spacial score (nSPS) is 15.4. The van der Waals surface area contributed by atoms with Crippen molar-refractivity contribution in [3.8, 4) is 11.4 Å². The molecule has 3 aromatic rings. The molecular weight excluding hydrogens is 489 g/mol. The first-order chi connectivity index (χ1) is 18.1. The monoisotopic (exact) mass is 519 g/mol. The minimum atomic E-state index is -0.665. The molecule has 3 amide bonds. The zero-order valence-electron chi connectivity index (χ0n) is 21.8. The highest BCUT2D eigenvalue weighted by Crippen LogP contribution is 2.23. The van der Waals surface area contributed by atoms with Crippen molar-refractivity contribution in [2.24, 2.45) is 0 Å². The molecule has 0 spiro atoms. The minimum absolute atomic E-state index is 0.0299. The lowest BCUT2D eigenvalue weighted by Crippen LogP contribution is -2.56. The molecular formula is C28H30FN5O4. The molecule has 1 unspecified atom stereocenters. The van der Waals surface area contributed by atoms with Gasteiger partial charge in [0.2, 0.25) is 0 Å². The molecule has 38 heavy (non-hydrogen) atoms. The highest BCUT2D eigenvalue weighted by molar-refractivity contribution is 6.05. The molecule has 1 aliphatic heterocycles. The second-order valence-electron chi connectivity index (χ2n) is 9.41. The van der Waals surface area contributed by atoms with Gasteiger partial charge in [-0.05, 0) is 45.9 Å². The molecule has 2 heterocycles. The largest absolute Gasteiger partial charge is 0.459 e. The van der Waals surface area contributed by atoms with Gasteiger partial charge in [-0.15, -0.1) is 0 Å². The van der Waals surface area contributed by atoms with Gasteiger partial charge in [0.05, 0.1) is 11.8 Å². The van der Waals surface area contributed by atoms with Crippen LogP contribution in [0.3, 0.4) is 0 Å². The van der Waals surface area contributed by atoms with E-state index in [4.69, 9.17) is 4.74 Å². The van der Waals surface area contributed by atoms with E-state index < -0.39 is 17.7 Å². The predicted molar refractivity (Wildman–Crippen MR) is 140 cm³/mol. The number of halogens is 1. The molecule has 10 heteroatoms. The summed E-state index contributed by atoms with van der Waals surface area (Å²) in [5.41, 5.74) is 1.39. The third-order valence-corrected chi connectivity index (χ3v) is 6.12. The van der Waals surface area contributed by atoms with Crippen LogP contribution in [-0.4, -0.2) is 69.5 Å². The van der Waals surface area contributed by atoms with E-state index in [1.54, 1.807) is 36.6 Å². The predicted octanol–water partition coefficient (Wildman–Crippen LogP) is 4.53. The summed E-state index contributed by atoms with van der Waals surface area (Å²) in [5.74, 6) is -1.23. The standard InChI is InChI=1S/C28H30FN5O4/c1-17(2)38-27(36)23-19(4)30-25(20-9-6-5-7-10-20)32-24(23)26(35)33-13-14-34(18(3)16-33)28(37)31-22-12-8-11-21(29)15-22/h5-12,15,17-18H,13-14,16H2,1-4H3,(H,31,37). The summed E-state index contributed by atoms with van der Waals surface area (Å²) in [6.07, 6.45) is -0.390. The Morgan fingerprint density at radius 3 is 2.45 bits per heavy atom. The van der Waals surface area contributed by atoms with Crippen molar-refractivity contribution in [1.82, 2.24) is 19.8 Å². The van der Waals surface area contributed by atoms with E-state index in [-0.39, 0.29) is 49.1 Å². The van der Waals surface area contributed by atoms with Crippen LogP contribution in [0, 0.1) is 12.7 Å². The fourth-order valence-electron chi connectivity index (χ4n) is 4.32. The first kappa shape index (κ1) is 26.7. The van der Waals surface area contributed by atoms with Gasteiger partial charge in [0, 0.05) is 36.9 Å². The number of hydrogen-bond acceptors (Lipinski definition) is 6. The highest BCUT2D eigenvalue weighted by Gasteiger charge is 2.34. The summed E-state index contributed by atoms with van der Waals surface area (Å²) >= 11 is 0. The second-order valence-corrected chi connectivity index (χ2v) is 9.41. The Hall–Kier alpha value is -4.34. The number of rotatable bonds is 5. The van der Waals surface area contributed by atoms with Crippen LogP contribution in [0.4, 0.5) is 14.9 Å². The van der Waals surface area contributed by atoms with E-state index in [2.05, 4.69) is 15.3 Å². The molecule has 0 radical (unpaired) electrons. The number of piperazine rings is 1. The van der Waals surface area contributed by atoms with Gasteiger partial charge >= 0.3 is 12.0 Å². The number of anilines is 1. The van der Waals surface area contributed by atoms with Gasteiger partial charge in [0.25, 0.3) is 5.91 Å². The number of urea groups is 1. The lowest BCUT2D eigenvalue weighted by atomic mass is 10.1. The first-order valence-corrected chi connectivity index (χ1v) is 12.4. The molecule has 0 bridgehead atoms. The SMILES string of the molecule is Cc1nc(-c2ccccc2)nc(C(=O)N2CCN(C(=O)Nc3cccc(F)c3)C(C)C2)c1C(=O)OC(C)C. The molecule has 0 saturated carbocycles. The van der Waals surface area contributed by atoms with Crippen LogP contribution < -0.4 is 5.32 Å². The molecule has 4 rings (SSSR count).